The van der Waals surface area contributed by atoms with E-state index in [4.69, 9.17) is 22.5 Å². The molecule has 0 fully saturated rings. The smallest absolute Gasteiger partial charge is 0.0549 e. The molecule has 0 bridgehead atoms. The van der Waals surface area contributed by atoms with Crippen LogP contribution in [-0.4, -0.2) is 5.21 Å². The summed E-state index contributed by atoms with van der Waals surface area (Å²) in [6, 6.07) is 12.1. The molecule has 2 aromatic rings. The lowest BCUT2D eigenvalue weighted by atomic mass is 10.2. The van der Waals surface area contributed by atoms with Crippen LogP contribution in [-0.2, 0) is 5.75 Å². The Morgan fingerprint density at radius 1 is 1.26 bits per heavy atom. The normalized spacial score (nSPS) is 10.5. The van der Waals surface area contributed by atoms with E-state index in [1.54, 1.807) is 30.3 Å². The van der Waals surface area contributed by atoms with Gasteiger partial charge in [-0.1, -0.05) is 29.8 Å². The van der Waals surface area contributed by atoms with Gasteiger partial charge < -0.3 is 16.2 Å². The number of nitrogens with zero attached hydrogens (tertiary/aromatic N) is 1. The van der Waals surface area contributed by atoms with Gasteiger partial charge in [0.15, 0.2) is 0 Å². The fourth-order valence-corrected chi connectivity index (χ4v) is 2.75. The van der Waals surface area contributed by atoms with Crippen LogP contribution in [0.25, 0.3) is 0 Å². The van der Waals surface area contributed by atoms with Gasteiger partial charge in [-0.3, -0.25) is 5.21 Å². The summed E-state index contributed by atoms with van der Waals surface area (Å²) in [5.74, 6) is 0.529. The summed E-state index contributed by atoms with van der Waals surface area (Å²) < 4.78 is 0. The van der Waals surface area contributed by atoms with Gasteiger partial charge in [-0.05, 0) is 29.8 Å². The number of nitrogen functional groups attached to an aromatic ring is 1. The van der Waals surface area contributed by atoms with Crippen molar-refractivity contribution in [3.05, 3.63) is 58.3 Å². The molecule has 4 nitrogen and oxygen atoms in total. The predicted octanol–water partition coefficient (Wildman–Crippen LogP) is 3.91. The Morgan fingerprint density at radius 2 is 2.00 bits per heavy atom. The third-order valence-electron chi connectivity index (χ3n) is 2.55. The SMILES string of the molecule is Nc1cc(Cl)ccc1SCc1ccccc1N([O-])O. The maximum atomic E-state index is 11.0. The zero-order chi connectivity index (χ0) is 13.8. The Labute approximate surface area is 120 Å². The maximum absolute atomic E-state index is 11.0. The zero-order valence-electron chi connectivity index (χ0n) is 9.91. The lowest BCUT2D eigenvalue weighted by molar-refractivity contribution is 0.296. The fraction of sp³-hybridized carbons (Fsp3) is 0.0769. The van der Waals surface area contributed by atoms with E-state index in [2.05, 4.69) is 0 Å². The molecule has 2 rings (SSSR count). The molecule has 0 unspecified atom stereocenters. The number of benzene rings is 2. The van der Waals surface area contributed by atoms with Crippen molar-refractivity contribution in [3.63, 3.8) is 0 Å². The minimum absolute atomic E-state index is 0.124. The fourth-order valence-electron chi connectivity index (χ4n) is 1.63. The minimum Gasteiger partial charge on any atom is -0.733 e. The zero-order valence-corrected chi connectivity index (χ0v) is 11.5. The summed E-state index contributed by atoms with van der Waals surface area (Å²) in [4.78, 5) is 0.884. The van der Waals surface area contributed by atoms with E-state index in [0.29, 0.717) is 16.5 Å². The number of anilines is 2. The highest BCUT2D eigenvalue weighted by molar-refractivity contribution is 7.98. The number of hydrogen-bond donors (Lipinski definition) is 2. The number of rotatable bonds is 4. The second-order valence-corrected chi connectivity index (χ2v) is 5.33. The van der Waals surface area contributed by atoms with Gasteiger partial charge in [-0.15, -0.1) is 11.8 Å². The standard InChI is InChI=1S/C13H12ClN2O2S/c14-10-5-6-13(11(15)7-10)19-8-9-3-1-2-4-12(9)16(17)18/h1-7,17H,8,15H2/q-1. The minimum atomic E-state index is -0.124. The first-order valence-corrected chi connectivity index (χ1v) is 6.86. The lowest BCUT2D eigenvalue weighted by Crippen LogP contribution is -2.09. The van der Waals surface area contributed by atoms with Crippen molar-refractivity contribution in [1.82, 2.24) is 0 Å². The van der Waals surface area contributed by atoms with E-state index >= 15 is 0 Å². The van der Waals surface area contributed by atoms with Crippen molar-refractivity contribution < 1.29 is 5.21 Å². The van der Waals surface area contributed by atoms with Crippen LogP contribution >= 0.6 is 23.4 Å². The van der Waals surface area contributed by atoms with Crippen LogP contribution in [0.4, 0.5) is 11.4 Å². The quantitative estimate of drug-likeness (QED) is 0.508. The molecule has 100 valence electrons. The topological polar surface area (TPSA) is 72.5 Å². The first-order valence-electron chi connectivity index (χ1n) is 5.50. The van der Waals surface area contributed by atoms with E-state index in [0.717, 1.165) is 10.5 Å². The Hall–Kier alpha value is -1.40. The summed E-state index contributed by atoms with van der Waals surface area (Å²) in [6.45, 7) is 0. The van der Waals surface area contributed by atoms with Crippen LogP contribution in [0.2, 0.25) is 5.02 Å². The van der Waals surface area contributed by atoms with Gasteiger partial charge in [-0.25, -0.2) is 0 Å². The molecule has 0 aromatic heterocycles. The van der Waals surface area contributed by atoms with Gasteiger partial charge in [0.25, 0.3) is 0 Å². The van der Waals surface area contributed by atoms with E-state index in [1.807, 2.05) is 12.1 Å². The number of hydrogen-bond acceptors (Lipinski definition) is 5. The average molecular weight is 296 g/mol. The summed E-state index contributed by atoms with van der Waals surface area (Å²) >= 11 is 7.31. The van der Waals surface area contributed by atoms with Crippen LogP contribution in [0.3, 0.4) is 0 Å². The second-order valence-electron chi connectivity index (χ2n) is 3.87. The molecule has 0 atom stereocenters. The average Bonchev–Trinajstić information content (AvgIpc) is 2.38. The van der Waals surface area contributed by atoms with Gasteiger partial charge in [0.2, 0.25) is 0 Å². The lowest BCUT2D eigenvalue weighted by Gasteiger charge is -2.24. The maximum Gasteiger partial charge on any atom is 0.0549 e. The Morgan fingerprint density at radius 3 is 2.68 bits per heavy atom. The molecule has 0 heterocycles. The molecule has 0 saturated heterocycles. The summed E-state index contributed by atoms with van der Waals surface area (Å²) in [7, 11) is 0. The molecular formula is C13H12ClN2O2S-. The molecule has 0 aliphatic carbocycles. The van der Waals surface area contributed by atoms with Crippen LogP contribution in [0.15, 0.2) is 47.4 Å². The van der Waals surface area contributed by atoms with Crippen LogP contribution < -0.4 is 11.0 Å². The number of para-hydroxylation sites is 1. The Kier molecular flexibility index (Phi) is 4.55. The van der Waals surface area contributed by atoms with Crippen LogP contribution in [0, 0.1) is 5.21 Å². The number of nitrogens with two attached hydrogens (primary N) is 1. The van der Waals surface area contributed by atoms with Crippen LogP contribution in [0.1, 0.15) is 5.56 Å². The van der Waals surface area contributed by atoms with Crippen molar-refractivity contribution in [2.45, 2.75) is 10.6 Å². The van der Waals surface area contributed by atoms with Gasteiger partial charge in [0, 0.05) is 21.4 Å². The molecule has 3 N–H and O–H groups in total. The molecule has 0 aliphatic rings. The number of halogens is 1. The highest BCUT2D eigenvalue weighted by atomic mass is 35.5. The summed E-state index contributed by atoms with van der Waals surface area (Å²) in [6.07, 6.45) is 0. The van der Waals surface area contributed by atoms with Crippen molar-refractivity contribution in [3.8, 4) is 0 Å². The molecule has 0 radical (unpaired) electrons. The van der Waals surface area contributed by atoms with Crippen molar-refractivity contribution >= 4 is 34.7 Å². The molecule has 2 aromatic carbocycles. The summed E-state index contributed by atoms with van der Waals surface area (Å²) in [5, 5.41) is 20.5. The Balaban J connectivity index is 2.14. The second kappa shape index (κ2) is 6.16. The predicted molar refractivity (Wildman–Crippen MR) is 79.5 cm³/mol. The Bertz CT molecular complexity index is 578. The first-order chi connectivity index (χ1) is 9.08. The van der Waals surface area contributed by atoms with Crippen molar-refractivity contribution in [2.24, 2.45) is 0 Å². The molecule has 0 aliphatic heterocycles. The highest BCUT2D eigenvalue weighted by Crippen LogP contribution is 2.32. The molecule has 0 spiro atoms. The largest absolute Gasteiger partial charge is 0.733 e. The van der Waals surface area contributed by atoms with E-state index in [-0.39, 0.29) is 10.9 Å². The van der Waals surface area contributed by atoms with Gasteiger partial charge in [-0.2, -0.15) is 0 Å². The molecule has 6 heteroatoms. The summed E-state index contributed by atoms with van der Waals surface area (Å²) in [5.41, 5.74) is 7.43. The van der Waals surface area contributed by atoms with Crippen LogP contribution in [0.5, 0.6) is 0 Å². The van der Waals surface area contributed by atoms with E-state index in [9.17, 15) is 5.21 Å². The van der Waals surface area contributed by atoms with Crippen molar-refractivity contribution in [2.75, 3.05) is 11.0 Å². The van der Waals surface area contributed by atoms with E-state index < -0.39 is 0 Å². The first kappa shape index (κ1) is 14.0. The van der Waals surface area contributed by atoms with Gasteiger partial charge in [0.05, 0.1) is 5.69 Å². The highest BCUT2D eigenvalue weighted by Gasteiger charge is 2.05. The monoisotopic (exact) mass is 295 g/mol. The van der Waals surface area contributed by atoms with Crippen molar-refractivity contribution in [1.29, 1.82) is 0 Å². The van der Waals surface area contributed by atoms with E-state index in [1.165, 1.54) is 11.8 Å². The third-order valence-corrected chi connectivity index (χ3v) is 3.93. The molecule has 0 saturated carbocycles. The van der Waals surface area contributed by atoms with Gasteiger partial charge in [0.1, 0.15) is 0 Å². The molecule has 19 heavy (non-hydrogen) atoms. The number of thioether (sulfide) groups is 1. The molecular weight excluding hydrogens is 284 g/mol. The third kappa shape index (κ3) is 3.54. The molecule has 0 amide bonds. The van der Waals surface area contributed by atoms with Gasteiger partial charge >= 0.3 is 0 Å².